The van der Waals surface area contributed by atoms with Crippen LogP contribution in [-0.2, 0) is 4.79 Å². The fraction of sp³-hybridized carbons (Fsp3) is 0.357. The number of benzene rings is 1. The molecule has 1 aromatic rings. The second-order valence-corrected chi connectivity index (χ2v) is 5.27. The van der Waals surface area contributed by atoms with E-state index in [2.05, 4.69) is 17.6 Å². The van der Waals surface area contributed by atoms with Crippen LogP contribution in [0.5, 0.6) is 0 Å². The normalized spacial score (nSPS) is 10.0. The van der Waals surface area contributed by atoms with Gasteiger partial charge in [0.2, 0.25) is 5.91 Å². The molecule has 1 rings (SSSR count). The van der Waals surface area contributed by atoms with Gasteiger partial charge in [-0.15, -0.1) is 0 Å². The number of carboxylic acids is 1. The second kappa shape index (κ2) is 8.59. The van der Waals surface area contributed by atoms with Gasteiger partial charge in [0, 0.05) is 12.1 Å². The van der Waals surface area contributed by atoms with Gasteiger partial charge in [-0.3, -0.25) is 4.79 Å². The third-order valence-corrected chi connectivity index (χ3v) is 3.25. The van der Waals surface area contributed by atoms with E-state index in [9.17, 15) is 9.59 Å². The van der Waals surface area contributed by atoms with Crippen LogP contribution in [-0.4, -0.2) is 22.1 Å². The molecule has 0 fully saturated rings. The minimum atomic E-state index is -1.13. The van der Waals surface area contributed by atoms with Crippen LogP contribution < -0.4 is 10.6 Å². The van der Waals surface area contributed by atoms with Gasteiger partial charge < -0.3 is 15.7 Å². The first-order valence-corrected chi connectivity index (χ1v) is 7.36. The topological polar surface area (TPSA) is 78.4 Å². The summed E-state index contributed by atoms with van der Waals surface area (Å²) in [5, 5.41) is 14.6. The largest absolute Gasteiger partial charge is 0.478 e. The molecule has 7 heteroatoms. The molecule has 0 aromatic heterocycles. The average molecular weight is 329 g/mol. The van der Waals surface area contributed by atoms with Gasteiger partial charge in [-0.1, -0.05) is 31.4 Å². The monoisotopic (exact) mass is 328 g/mol. The van der Waals surface area contributed by atoms with Crippen LogP contribution in [0.15, 0.2) is 18.2 Å². The number of anilines is 1. The van der Waals surface area contributed by atoms with Gasteiger partial charge in [0.05, 0.1) is 10.6 Å². The van der Waals surface area contributed by atoms with Gasteiger partial charge in [-0.2, -0.15) is 0 Å². The summed E-state index contributed by atoms with van der Waals surface area (Å²) in [5.74, 6) is -1.29. The maximum atomic E-state index is 11.6. The Hall–Kier alpha value is -1.66. The Labute approximate surface area is 133 Å². The molecule has 114 valence electrons. The van der Waals surface area contributed by atoms with Crippen molar-refractivity contribution in [3.8, 4) is 0 Å². The number of hydrogen-bond donors (Lipinski definition) is 3. The van der Waals surface area contributed by atoms with Crippen LogP contribution in [0.25, 0.3) is 0 Å². The van der Waals surface area contributed by atoms with Crippen molar-refractivity contribution in [3.63, 3.8) is 0 Å². The Morgan fingerprint density at radius 1 is 1.33 bits per heavy atom. The van der Waals surface area contributed by atoms with E-state index in [1.807, 2.05) is 0 Å². The molecule has 0 aliphatic heterocycles. The van der Waals surface area contributed by atoms with E-state index in [0.29, 0.717) is 12.1 Å². The molecule has 5 nitrogen and oxygen atoms in total. The highest BCUT2D eigenvalue weighted by Gasteiger charge is 2.10. The van der Waals surface area contributed by atoms with Crippen LogP contribution >= 0.6 is 23.8 Å². The molecule has 0 spiro atoms. The molecule has 0 heterocycles. The van der Waals surface area contributed by atoms with Crippen LogP contribution in [0.2, 0.25) is 5.02 Å². The predicted molar refractivity (Wildman–Crippen MR) is 86.9 cm³/mol. The molecule has 1 aromatic carbocycles. The first-order valence-electron chi connectivity index (χ1n) is 6.57. The molecular weight excluding hydrogens is 312 g/mol. The number of amides is 1. The highest BCUT2D eigenvalue weighted by molar-refractivity contribution is 7.80. The molecule has 0 saturated carbocycles. The summed E-state index contributed by atoms with van der Waals surface area (Å²) in [4.78, 5) is 22.6. The third kappa shape index (κ3) is 6.10. The lowest BCUT2D eigenvalue weighted by molar-refractivity contribution is -0.119. The number of hydrogen-bond acceptors (Lipinski definition) is 3. The van der Waals surface area contributed by atoms with Crippen molar-refractivity contribution in [1.29, 1.82) is 0 Å². The number of unbranched alkanes of at least 4 members (excludes halogenated alkanes) is 2. The zero-order valence-electron chi connectivity index (χ0n) is 11.6. The quantitative estimate of drug-likeness (QED) is 0.551. The van der Waals surface area contributed by atoms with Gasteiger partial charge in [0.1, 0.15) is 0 Å². The molecule has 0 saturated heterocycles. The summed E-state index contributed by atoms with van der Waals surface area (Å²) in [7, 11) is 0. The SMILES string of the molecule is CCCCCC(=O)NC(=S)Nc1ccc(Cl)c(C(=O)O)c1. The molecule has 1 amide bonds. The molecule has 0 aliphatic rings. The van der Waals surface area contributed by atoms with Crippen molar-refractivity contribution in [2.45, 2.75) is 32.6 Å². The molecular formula is C14H17ClN2O3S. The highest BCUT2D eigenvalue weighted by Crippen LogP contribution is 2.20. The summed E-state index contributed by atoms with van der Waals surface area (Å²) in [6.45, 7) is 2.06. The van der Waals surface area contributed by atoms with Gasteiger partial charge in [0.25, 0.3) is 0 Å². The van der Waals surface area contributed by atoms with Crippen molar-refractivity contribution in [1.82, 2.24) is 5.32 Å². The van der Waals surface area contributed by atoms with Crippen molar-refractivity contribution >= 4 is 46.5 Å². The standard InChI is InChI=1S/C14H17ClN2O3S/c1-2-3-4-5-12(18)17-14(21)16-9-6-7-11(15)10(8-9)13(19)20/h6-8H,2-5H2,1H3,(H,19,20)(H2,16,17,18,21). The Morgan fingerprint density at radius 2 is 2.05 bits per heavy atom. The summed E-state index contributed by atoms with van der Waals surface area (Å²) in [5.41, 5.74) is 0.425. The summed E-state index contributed by atoms with van der Waals surface area (Å²) < 4.78 is 0. The Bertz CT molecular complexity index is 549. The fourth-order valence-corrected chi connectivity index (χ4v) is 2.08. The third-order valence-electron chi connectivity index (χ3n) is 2.71. The lowest BCUT2D eigenvalue weighted by Gasteiger charge is -2.10. The number of nitrogens with one attached hydrogen (secondary N) is 2. The zero-order chi connectivity index (χ0) is 15.8. The van der Waals surface area contributed by atoms with E-state index in [1.54, 1.807) is 6.07 Å². The van der Waals surface area contributed by atoms with E-state index < -0.39 is 5.97 Å². The number of carbonyl (C=O) groups excluding carboxylic acids is 1. The molecule has 0 bridgehead atoms. The number of halogens is 1. The molecule has 0 aliphatic carbocycles. The molecule has 0 unspecified atom stereocenters. The Balaban J connectivity index is 2.57. The molecule has 0 atom stereocenters. The molecule has 0 radical (unpaired) electrons. The van der Waals surface area contributed by atoms with Crippen LogP contribution in [0.4, 0.5) is 5.69 Å². The van der Waals surface area contributed by atoms with Crippen molar-refractivity contribution in [3.05, 3.63) is 28.8 Å². The first-order chi connectivity index (χ1) is 9.93. The minimum absolute atomic E-state index is 0.0289. The van der Waals surface area contributed by atoms with E-state index in [-0.39, 0.29) is 21.6 Å². The van der Waals surface area contributed by atoms with Gasteiger partial charge in [0.15, 0.2) is 5.11 Å². The summed E-state index contributed by atoms with van der Waals surface area (Å²) in [6, 6.07) is 4.41. The van der Waals surface area contributed by atoms with E-state index in [1.165, 1.54) is 12.1 Å². The van der Waals surface area contributed by atoms with Gasteiger partial charge in [-0.05, 0) is 36.8 Å². The van der Waals surface area contributed by atoms with Crippen LogP contribution in [0.3, 0.4) is 0 Å². The summed E-state index contributed by atoms with van der Waals surface area (Å²) >= 11 is 10.8. The highest BCUT2D eigenvalue weighted by atomic mass is 35.5. The van der Waals surface area contributed by atoms with Crippen molar-refractivity contribution in [2.75, 3.05) is 5.32 Å². The Morgan fingerprint density at radius 3 is 2.67 bits per heavy atom. The van der Waals surface area contributed by atoms with Gasteiger partial charge >= 0.3 is 5.97 Å². The number of rotatable bonds is 6. The lowest BCUT2D eigenvalue weighted by atomic mass is 10.2. The van der Waals surface area contributed by atoms with Crippen LogP contribution in [0, 0.1) is 0 Å². The Kier molecular flexibility index (Phi) is 7.11. The minimum Gasteiger partial charge on any atom is -0.478 e. The summed E-state index contributed by atoms with van der Waals surface area (Å²) in [6.07, 6.45) is 3.26. The van der Waals surface area contributed by atoms with E-state index in [0.717, 1.165) is 19.3 Å². The lowest BCUT2D eigenvalue weighted by Crippen LogP contribution is -2.33. The number of thiocarbonyl (C=S) groups is 1. The predicted octanol–water partition coefficient (Wildman–Crippen LogP) is 3.43. The molecule has 3 N–H and O–H groups in total. The number of aromatic carboxylic acids is 1. The zero-order valence-corrected chi connectivity index (χ0v) is 13.2. The average Bonchev–Trinajstić information content (AvgIpc) is 2.40. The van der Waals surface area contributed by atoms with E-state index in [4.69, 9.17) is 28.9 Å². The van der Waals surface area contributed by atoms with E-state index >= 15 is 0 Å². The molecule has 21 heavy (non-hydrogen) atoms. The second-order valence-electron chi connectivity index (χ2n) is 4.46. The van der Waals surface area contributed by atoms with Crippen molar-refractivity contribution in [2.24, 2.45) is 0 Å². The van der Waals surface area contributed by atoms with Crippen LogP contribution in [0.1, 0.15) is 43.0 Å². The maximum Gasteiger partial charge on any atom is 0.337 e. The maximum absolute atomic E-state index is 11.6. The number of carboxylic acid groups (broad SMARTS) is 1. The fourth-order valence-electron chi connectivity index (χ4n) is 1.65. The van der Waals surface area contributed by atoms with Gasteiger partial charge in [-0.25, -0.2) is 4.79 Å². The smallest absolute Gasteiger partial charge is 0.337 e. The first kappa shape index (κ1) is 17.4. The van der Waals surface area contributed by atoms with Crippen molar-refractivity contribution < 1.29 is 14.7 Å². The number of carbonyl (C=O) groups is 2.